The molecule has 1 saturated heterocycles. The summed E-state index contributed by atoms with van der Waals surface area (Å²) in [6.07, 6.45) is 9.28. The average Bonchev–Trinajstić information content (AvgIpc) is 2.63. The number of anilines is 2. The van der Waals surface area contributed by atoms with Gasteiger partial charge in [0.1, 0.15) is 5.82 Å². The van der Waals surface area contributed by atoms with E-state index in [1.165, 1.54) is 25.5 Å². The number of nitrogens with zero attached hydrogens (tertiary/aromatic N) is 2. The van der Waals surface area contributed by atoms with Gasteiger partial charge in [-0.15, -0.1) is 0 Å². The van der Waals surface area contributed by atoms with Crippen molar-refractivity contribution in [3.8, 4) is 0 Å². The van der Waals surface area contributed by atoms with Crippen LogP contribution in [0.25, 0.3) is 0 Å². The minimum absolute atomic E-state index is 0.307. The normalized spacial score (nSPS) is 24.7. The van der Waals surface area contributed by atoms with E-state index in [4.69, 9.17) is 10.5 Å². The number of amides is 1. The zero-order chi connectivity index (χ0) is 17.6. The summed E-state index contributed by atoms with van der Waals surface area (Å²) in [6, 6.07) is 0.646. The van der Waals surface area contributed by atoms with Crippen LogP contribution in [0.5, 0.6) is 0 Å². The van der Waals surface area contributed by atoms with E-state index in [1.54, 1.807) is 0 Å². The van der Waals surface area contributed by atoms with Crippen LogP contribution in [0.4, 0.5) is 11.8 Å². The first kappa shape index (κ1) is 17.9. The van der Waals surface area contributed by atoms with Gasteiger partial charge >= 0.3 is 0 Å². The molecule has 0 aromatic carbocycles. The topological polar surface area (TPSA) is 102 Å². The van der Waals surface area contributed by atoms with Gasteiger partial charge in [-0.3, -0.25) is 4.79 Å². The third-order valence-electron chi connectivity index (χ3n) is 5.37. The molecule has 7 heteroatoms. The van der Waals surface area contributed by atoms with E-state index in [0.29, 0.717) is 29.4 Å². The van der Waals surface area contributed by atoms with E-state index in [1.807, 2.05) is 0 Å². The van der Waals surface area contributed by atoms with E-state index in [-0.39, 0.29) is 0 Å². The monoisotopic (exact) mass is 347 g/mol. The van der Waals surface area contributed by atoms with Gasteiger partial charge in [-0.2, -0.15) is 4.98 Å². The summed E-state index contributed by atoms with van der Waals surface area (Å²) in [5.41, 5.74) is 5.86. The summed E-state index contributed by atoms with van der Waals surface area (Å²) in [6.45, 7) is 3.76. The van der Waals surface area contributed by atoms with Crippen molar-refractivity contribution >= 4 is 17.7 Å². The Balaban J connectivity index is 1.69. The Morgan fingerprint density at radius 1 is 1.16 bits per heavy atom. The predicted molar refractivity (Wildman–Crippen MR) is 97.7 cm³/mol. The summed E-state index contributed by atoms with van der Waals surface area (Å²) >= 11 is 0. The van der Waals surface area contributed by atoms with E-state index in [2.05, 4.69) is 27.5 Å². The summed E-state index contributed by atoms with van der Waals surface area (Å²) < 4.78 is 5.38. The number of carbonyl (C=O) groups is 1. The summed E-state index contributed by atoms with van der Waals surface area (Å²) in [4.78, 5) is 20.5. The van der Waals surface area contributed by atoms with Crippen molar-refractivity contribution < 1.29 is 9.53 Å². The molecule has 3 rings (SSSR count). The van der Waals surface area contributed by atoms with Crippen LogP contribution in [-0.2, 0) is 4.74 Å². The van der Waals surface area contributed by atoms with Gasteiger partial charge in [-0.1, -0.05) is 13.3 Å². The van der Waals surface area contributed by atoms with Gasteiger partial charge in [0.05, 0.1) is 5.56 Å². The Kier molecular flexibility index (Phi) is 6.07. The molecule has 1 aliphatic heterocycles. The molecule has 2 aliphatic rings. The fourth-order valence-electron chi connectivity index (χ4n) is 3.67. The molecule has 0 atom stereocenters. The number of primary amides is 1. The lowest BCUT2D eigenvalue weighted by Crippen LogP contribution is -2.30. The lowest BCUT2D eigenvalue weighted by atomic mass is 9.84. The summed E-state index contributed by atoms with van der Waals surface area (Å²) in [5.74, 6) is 1.42. The van der Waals surface area contributed by atoms with Crippen LogP contribution in [-0.4, -0.2) is 41.2 Å². The van der Waals surface area contributed by atoms with Crippen molar-refractivity contribution in [1.29, 1.82) is 0 Å². The van der Waals surface area contributed by atoms with Crippen molar-refractivity contribution in [3.05, 3.63) is 11.8 Å². The van der Waals surface area contributed by atoms with Gasteiger partial charge in [0, 0.05) is 31.5 Å². The maximum Gasteiger partial charge on any atom is 0.254 e. The Morgan fingerprint density at radius 2 is 1.84 bits per heavy atom. The number of hydrogen-bond donors (Lipinski definition) is 3. The van der Waals surface area contributed by atoms with Crippen LogP contribution in [0.1, 0.15) is 62.2 Å². The molecular formula is C18H29N5O2. The molecule has 0 radical (unpaired) electrons. The average molecular weight is 347 g/mol. The maximum atomic E-state index is 11.7. The van der Waals surface area contributed by atoms with Crippen LogP contribution >= 0.6 is 0 Å². The van der Waals surface area contributed by atoms with E-state index in [9.17, 15) is 4.79 Å². The molecule has 25 heavy (non-hydrogen) atoms. The summed E-state index contributed by atoms with van der Waals surface area (Å²) in [7, 11) is 0. The molecule has 0 bridgehead atoms. The number of carbonyl (C=O) groups excluding carboxylic acids is 1. The minimum atomic E-state index is -0.498. The third-order valence-corrected chi connectivity index (χ3v) is 5.37. The number of ether oxygens (including phenoxy) is 1. The molecule has 2 fully saturated rings. The van der Waals surface area contributed by atoms with Crippen LogP contribution in [0.15, 0.2) is 6.20 Å². The molecule has 1 aliphatic carbocycles. The highest BCUT2D eigenvalue weighted by molar-refractivity contribution is 5.97. The van der Waals surface area contributed by atoms with Crippen molar-refractivity contribution in [1.82, 2.24) is 9.97 Å². The lowest BCUT2D eigenvalue weighted by Gasteiger charge is -2.29. The van der Waals surface area contributed by atoms with Crippen molar-refractivity contribution in [3.63, 3.8) is 0 Å². The van der Waals surface area contributed by atoms with Crippen molar-refractivity contribution in [2.75, 3.05) is 23.8 Å². The first-order valence-corrected chi connectivity index (χ1v) is 9.43. The molecule has 1 saturated carbocycles. The first-order chi connectivity index (χ1) is 12.2. The fourth-order valence-corrected chi connectivity index (χ4v) is 3.67. The molecule has 0 unspecified atom stereocenters. The van der Waals surface area contributed by atoms with Crippen molar-refractivity contribution in [2.45, 2.75) is 64.0 Å². The highest BCUT2D eigenvalue weighted by Crippen LogP contribution is 2.29. The van der Waals surface area contributed by atoms with Crippen LogP contribution in [0.2, 0.25) is 0 Å². The minimum Gasteiger partial charge on any atom is -0.381 e. The van der Waals surface area contributed by atoms with E-state index in [0.717, 1.165) is 44.8 Å². The van der Waals surface area contributed by atoms with Gasteiger partial charge in [0.2, 0.25) is 5.95 Å². The molecule has 4 N–H and O–H groups in total. The first-order valence-electron chi connectivity index (χ1n) is 9.43. The molecule has 2 heterocycles. The van der Waals surface area contributed by atoms with E-state index >= 15 is 0 Å². The maximum absolute atomic E-state index is 11.7. The predicted octanol–water partition coefficient (Wildman–Crippen LogP) is 2.55. The second kappa shape index (κ2) is 8.47. The number of hydrogen-bond acceptors (Lipinski definition) is 6. The lowest BCUT2D eigenvalue weighted by molar-refractivity contribution is 0.0903. The van der Waals surface area contributed by atoms with Crippen LogP contribution in [0, 0.1) is 5.92 Å². The Bertz CT molecular complexity index is 581. The molecule has 7 nitrogen and oxygen atoms in total. The molecule has 0 spiro atoms. The molecule has 138 valence electrons. The Labute approximate surface area is 149 Å². The van der Waals surface area contributed by atoms with Gasteiger partial charge < -0.3 is 21.1 Å². The van der Waals surface area contributed by atoms with Crippen molar-refractivity contribution in [2.24, 2.45) is 11.7 Å². The standard InChI is InChI=1S/C18H29N5O2/c1-2-12-3-5-13(6-4-12)21-17-15(16(19)24)11-20-18(23-17)22-14-7-9-25-10-8-14/h11-14H,2-10H2,1H3,(H2,19,24)(H2,20,21,22,23)/t12-,13+. The second-order valence-corrected chi connectivity index (χ2v) is 7.12. The van der Waals surface area contributed by atoms with Gasteiger partial charge in [0.15, 0.2) is 0 Å². The number of aromatic nitrogens is 2. The fraction of sp³-hybridized carbons (Fsp3) is 0.722. The number of rotatable bonds is 6. The smallest absolute Gasteiger partial charge is 0.254 e. The highest BCUT2D eigenvalue weighted by Gasteiger charge is 2.23. The SMILES string of the molecule is CC[C@H]1CC[C@@H](Nc2nc(NC3CCOCC3)ncc2C(N)=O)CC1. The third kappa shape index (κ3) is 4.81. The van der Waals surface area contributed by atoms with Gasteiger partial charge in [-0.05, 0) is 44.4 Å². The quantitative estimate of drug-likeness (QED) is 0.731. The second-order valence-electron chi connectivity index (χ2n) is 7.12. The number of nitrogens with one attached hydrogen (secondary N) is 2. The van der Waals surface area contributed by atoms with Gasteiger partial charge in [0.25, 0.3) is 5.91 Å². The highest BCUT2D eigenvalue weighted by atomic mass is 16.5. The molecule has 1 aromatic heterocycles. The largest absolute Gasteiger partial charge is 0.381 e. The zero-order valence-electron chi connectivity index (χ0n) is 15.0. The van der Waals surface area contributed by atoms with Crippen LogP contribution in [0.3, 0.4) is 0 Å². The van der Waals surface area contributed by atoms with E-state index < -0.39 is 5.91 Å². The van der Waals surface area contributed by atoms with Crippen LogP contribution < -0.4 is 16.4 Å². The van der Waals surface area contributed by atoms with Gasteiger partial charge in [-0.25, -0.2) is 4.98 Å². The molecule has 1 amide bonds. The Hall–Kier alpha value is -1.89. The zero-order valence-corrected chi connectivity index (χ0v) is 15.0. The summed E-state index contributed by atoms with van der Waals surface area (Å²) in [5, 5.41) is 6.78. The molecular weight excluding hydrogens is 318 g/mol. The molecule has 1 aromatic rings. The Morgan fingerprint density at radius 3 is 2.48 bits per heavy atom. The number of nitrogens with two attached hydrogens (primary N) is 1.